The fourth-order valence-corrected chi connectivity index (χ4v) is 3.34. The molecule has 2 aliphatic heterocycles. The summed E-state index contributed by atoms with van der Waals surface area (Å²) in [6.45, 7) is 5.89. The van der Waals surface area contributed by atoms with Gasteiger partial charge in [-0.2, -0.15) is 0 Å². The predicted molar refractivity (Wildman–Crippen MR) is 78.5 cm³/mol. The fraction of sp³-hybridized carbons (Fsp3) is 0.625. The van der Waals surface area contributed by atoms with Gasteiger partial charge in [-0.25, -0.2) is 0 Å². The molecule has 1 aromatic rings. The van der Waals surface area contributed by atoms with E-state index in [1.807, 2.05) is 6.07 Å². The Morgan fingerprint density at radius 3 is 2.68 bits per heavy atom. The maximum Gasteiger partial charge on any atom is 0.0826 e. The van der Waals surface area contributed by atoms with Crippen molar-refractivity contribution >= 4 is 5.69 Å². The molecule has 0 bridgehead atoms. The van der Waals surface area contributed by atoms with Crippen LogP contribution in [0.25, 0.3) is 0 Å². The second-order valence-electron chi connectivity index (χ2n) is 5.75. The highest BCUT2D eigenvalue weighted by molar-refractivity contribution is 5.56. The third-order valence-corrected chi connectivity index (χ3v) is 4.41. The number of para-hydroxylation sites is 1. The number of benzene rings is 1. The highest BCUT2D eigenvalue weighted by Gasteiger charge is 2.22. The molecule has 104 valence electrons. The molecule has 0 amide bonds. The minimum absolute atomic E-state index is 0.272. The molecule has 1 aromatic carbocycles. The lowest BCUT2D eigenvalue weighted by Crippen LogP contribution is -2.33. The highest BCUT2D eigenvalue weighted by Crippen LogP contribution is 2.33. The zero-order valence-corrected chi connectivity index (χ0v) is 11.6. The van der Waals surface area contributed by atoms with E-state index in [1.165, 1.54) is 44.6 Å². The number of rotatable bonds is 4. The van der Waals surface area contributed by atoms with Crippen LogP contribution in [-0.4, -0.2) is 42.7 Å². The van der Waals surface area contributed by atoms with Crippen LogP contribution in [0.3, 0.4) is 0 Å². The summed E-state index contributed by atoms with van der Waals surface area (Å²) in [6, 6.07) is 8.31. The van der Waals surface area contributed by atoms with Gasteiger partial charge >= 0.3 is 0 Å². The SMILES string of the molecule is OC1CCN(CCCN2CCCC2)c2ccccc21. The number of aliphatic hydroxyl groups is 1. The van der Waals surface area contributed by atoms with Crippen LogP contribution in [0, 0.1) is 0 Å². The van der Waals surface area contributed by atoms with E-state index in [2.05, 4.69) is 28.0 Å². The van der Waals surface area contributed by atoms with Crippen molar-refractivity contribution in [2.24, 2.45) is 0 Å². The van der Waals surface area contributed by atoms with Crippen molar-refractivity contribution in [1.29, 1.82) is 0 Å². The maximum absolute atomic E-state index is 10.0. The molecule has 0 radical (unpaired) electrons. The molecule has 0 saturated carbocycles. The van der Waals surface area contributed by atoms with Gasteiger partial charge in [0.1, 0.15) is 0 Å². The molecule has 0 spiro atoms. The number of hydrogen-bond acceptors (Lipinski definition) is 3. The van der Waals surface area contributed by atoms with E-state index >= 15 is 0 Å². The van der Waals surface area contributed by atoms with Gasteiger partial charge in [0.05, 0.1) is 6.10 Å². The van der Waals surface area contributed by atoms with Crippen LogP contribution in [0.5, 0.6) is 0 Å². The molecule has 1 atom stereocenters. The molecule has 1 saturated heterocycles. The van der Waals surface area contributed by atoms with E-state index in [9.17, 15) is 5.11 Å². The van der Waals surface area contributed by atoms with Crippen LogP contribution < -0.4 is 4.90 Å². The van der Waals surface area contributed by atoms with Crippen LogP contribution in [0.4, 0.5) is 5.69 Å². The first-order chi connectivity index (χ1) is 9.34. The molecule has 2 heterocycles. The first kappa shape index (κ1) is 12.9. The normalized spacial score (nSPS) is 23.6. The Bertz CT molecular complexity index is 415. The second-order valence-corrected chi connectivity index (χ2v) is 5.75. The summed E-state index contributed by atoms with van der Waals surface area (Å²) in [5.41, 5.74) is 2.34. The van der Waals surface area contributed by atoms with Crippen LogP contribution in [0.15, 0.2) is 24.3 Å². The summed E-state index contributed by atoms with van der Waals surface area (Å²) >= 11 is 0. The van der Waals surface area contributed by atoms with Gasteiger partial charge in [0.15, 0.2) is 0 Å². The van der Waals surface area contributed by atoms with Crippen molar-refractivity contribution in [3.05, 3.63) is 29.8 Å². The molecule has 3 rings (SSSR count). The van der Waals surface area contributed by atoms with E-state index in [1.54, 1.807) is 0 Å². The van der Waals surface area contributed by atoms with E-state index in [0.29, 0.717) is 0 Å². The zero-order chi connectivity index (χ0) is 13.1. The third-order valence-electron chi connectivity index (χ3n) is 4.41. The lowest BCUT2D eigenvalue weighted by Gasteiger charge is -2.34. The Balaban J connectivity index is 1.58. The average Bonchev–Trinajstić information content (AvgIpc) is 2.95. The van der Waals surface area contributed by atoms with Crippen LogP contribution in [-0.2, 0) is 0 Å². The Labute approximate surface area is 115 Å². The van der Waals surface area contributed by atoms with Gasteiger partial charge < -0.3 is 14.9 Å². The smallest absolute Gasteiger partial charge is 0.0826 e. The minimum atomic E-state index is -0.272. The number of likely N-dealkylation sites (tertiary alicyclic amines) is 1. The molecule has 0 aliphatic carbocycles. The van der Waals surface area contributed by atoms with E-state index in [4.69, 9.17) is 0 Å². The Kier molecular flexibility index (Phi) is 4.04. The summed E-state index contributed by atoms with van der Waals surface area (Å²) in [7, 11) is 0. The lowest BCUT2D eigenvalue weighted by atomic mass is 9.99. The topological polar surface area (TPSA) is 26.7 Å². The van der Waals surface area contributed by atoms with Crippen molar-refractivity contribution in [1.82, 2.24) is 4.90 Å². The molecular formula is C16H24N2O. The largest absolute Gasteiger partial charge is 0.388 e. The van der Waals surface area contributed by atoms with Crippen molar-refractivity contribution in [3.8, 4) is 0 Å². The number of fused-ring (bicyclic) bond motifs is 1. The third kappa shape index (κ3) is 2.93. The number of anilines is 1. The summed E-state index contributed by atoms with van der Waals surface area (Å²) < 4.78 is 0. The summed E-state index contributed by atoms with van der Waals surface area (Å²) in [5, 5.41) is 10.0. The van der Waals surface area contributed by atoms with E-state index in [-0.39, 0.29) is 6.10 Å². The maximum atomic E-state index is 10.0. The summed E-state index contributed by atoms with van der Waals surface area (Å²) in [5.74, 6) is 0. The van der Waals surface area contributed by atoms with Crippen LogP contribution >= 0.6 is 0 Å². The molecule has 1 unspecified atom stereocenters. The fourth-order valence-electron chi connectivity index (χ4n) is 3.34. The van der Waals surface area contributed by atoms with Gasteiger partial charge in [-0.05, 0) is 51.4 Å². The molecule has 2 aliphatic rings. The van der Waals surface area contributed by atoms with Gasteiger partial charge in [0.2, 0.25) is 0 Å². The Morgan fingerprint density at radius 1 is 1.05 bits per heavy atom. The Hall–Kier alpha value is -1.06. The van der Waals surface area contributed by atoms with Crippen molar-refractivity contribution in [2.75, 3.05) is 37.6 Å². The van der Waals surface area contributed by atoms with Gasteiger partial charge in [0, 0.05) is 24.3 Å². The number of hydrogen-bond donors (Lipinski definition) is 1. The van der Waals surface area contributed by atoms with Crippen molar-refractivity contribution in [3.63, 3.8) is 0 Å². The zero-order valence-electron chi connectivity index (χ0n) is 11.6. The van der Waals surface area contributed by atoms with Crippen molar-refractivity contribution in [2.45, 2.75) is 31.8 Å². The minimum Gasteiger partial charge on any atom is -0.388 e. The first-order valence-corrected chi connectivity index (χ1v) is 7.59. The molecule has 19 heavy (non-hydrogen) atoms. The van der Waals surface area contributed by atoms with Crippen LogP contribution in [0.1, 0.15) is 37.4 Å². The summed E-state index contributed by atoms with van der Waals surface area (Å²) in [4.78, 5) is 5.02. The standard InChI is InChI=1S/C16H24N2O/c19-16-8-13-18(15-7-2-1-6-14(15)16)12-5-11-17-9-3-4-10-17/h1-2,6-7,16,19H,3-5,8-13H2. The highest BCUT2D eigenvalue weighted by atomic mass is 16.3. The van der Waals surface area contributed by atoms with Gasteiger partial charge in [-0.15, -0.1) is 0 Å². The van der Waals surface area contributed by atoms with Crippen LogP contribution in [0.2, 0.25) is 0 Å². The number of nitrogens with zero attached hydrogens (tertiary/aromatic N) is 2. The second kappa shape index (κ2) is 5.93. The quantitative estimate of drug-likeness (QED) is 0.900. The molecular weight excluding hydrogens is 236 g/mol. The summed E-state index contributed by atoms with van der Waals surface area (Å²) in [6.07, 6.45) is 4.56. The first-order valence-electron chi connectivity index (χ1n) is 7.59. The lowest BCUT2D eigenvalue weighted by molar-refractivity contribution is 0.164. The molecule has 1 fully saturated rings. The molecule has 3 nitrogen and oxygen atoms in total. The van der Waals surface area contributed by atoms with Gasteiger partial charge in [-0.1, -0.05) is 18.2 Å². The monoisotopic (exact) mass is 260 g/mol. The molecule has 1 N–H and O–H groups in total. The van der Waals surface area contributed by atoms with Gasteiger partial charge in [0.25, 0.3) is 0 Å². The van der Waals surface area contributed by atoms with Gasteiger partial charge in [-0.3, -0.25) is 0 Å². The predicted octanol–water partition coefficient (Wildman–Crippen LogP) is 2.42. The average molecular weight is 260 g/mol. The van der Waals surface area contributed by atoms with E-state index < -0.39 is 0 Å². The Morgan fingerprint density at radius 2 is 1.84 bits per heavy atom. The molecule has 3 heteroatoms. The molecule has 0 aromatic heterocycles. The van der Waals surface area contributed by atoms with Crippen molar-refractivity contribution < 1.29 is 5.11 Å². The van der Waals surface area contributed by atoms with E-state index in [0.717, 1.165) is 25.1 Å². The number of aliphatic hydroxyl groups excluding tert-OH is 1.